The molecule has 4 rings (SSSR count). The number of benzene rings is 2. The quantitative estimate of drug-likeness (QED) is 0.600. The first-order valence-electron chi connectivity index (χ1n) is 10.5. The summed E-state index contributed by atoms with van der Waals surface area (Å²) in [5.41, 5.74) is 4.75. The lowest BCUT2D eigenvalue weighted by molar-refractivity contribution is 0.0650. The Morgan fingerprint density at radius 1 is 1.03 bits per heavy atom. The van der Waals surface area contributed by atoms with Crippen molar-refractivity contribution in [1.82, 2.24) is 14.7 Å². The van der Waals surface area contributed by atoms with Gasteiger partial charge in [0.15, 0.2) is 5.78 Å². The highest BCUT2D eigenvalue weighted by Gasteiger charge is 2.29. The predicted molar refractivity (Wildman–Crippen MR) is 117 cm³/mol. The lowest BCUT2D eigenvalue weighted by Gasteiger charge is -2.31. The van der Waals surface area contributed by atoms with E-state index in [0.29, 0.717) is 38.0 Å². The van der Waals surface area contributed by atoms with Gasteiger partial charge in [0.05, 0.1) is 18.3 Å². The molecule has 0 radical (unpaired) electrons. The van der Waals surface area contributed by atoms with Crippen LogP contribution in [0.1, 0.15) is 50.2 Å². The molecule has 30 heavy (non-hydrogen) atoms. The van der Waals surface area contributed by atoms with Crippen LogP contribution >= 0.6 is 0 Å². The highest BCUT2D eigenvalue weighted by molar-refractivity contribution is 5.99. The normalized spacial score (nSPS) is 14.7. The van der Waals surface area contributed by atoms with E-state index in [4.69, 9.17) is 0 Å². The third-order valence-corrected chi connectivity index (χ3v) is 5.87. The number of carbonyl (C=O) groups is 2. The summed E-state index contributed by atoms with van der Waals surface area (Å²) in [6.07, 6.45) is 4.85. The van der Waals surface area contributed by atoms with Crippen LogP contribution < -0.4 is 0 Å². The van der Waals surface area contributed by atoms with E-state index >= 15 is 0 Å². The van der Waals surface area contributed by atoms with E-state index in [-0.39, 0.29) is 17.6 Å². The van der Waals surface area contributed by atoms with Crippen LogP contribution in [-0.2, 0) is 6.54 Å². The van der Waals surface area contributed by atoms with E-state index in [0.717, 1.165) is 22.3 Å². The van der Waals surface area contributed by atoms with Crippen molar-refractivity contribution in [3.63, 3.8) is 0 Å². The van der Waals surface area contributed by atoms with Crippen LogP contribution in [0, 0.1) is 19.8 Å². The fourth-order valence-corrected chi connectivity index (χ4v) is 4.17. The molecule has 1 amide bonds. The maximum absolute atomic E-state index is 12.9. The first-order valence-corrected chi connectivity index (χ1v) is 10.5. The third kappa shape index (κ3) is 4.35. The standard InChI is InChI=1S/C25H27N3O2/c1-18-8-9-23(19(2)14-18)24(29)21-10-12-27(13-11-21)25(30)22-15-26-28(17-22)16-20-6-4-3-5-7-20/h3-9,14-15,17,21H,10-13,16H2,1-2H3. The Hall–Kier alpha value is -3.21. The van der Waals surface area contributed by atoms with Gasteiger partial charge in [-0.25, -0.2) is 0 Å². The molecule has 2 heterocycles. The van der Waals surface area contributed by atoms with Crippen LogP contribution in [-0.4, -0.2) is 39.5 Å². The molecule has 1 aliphatic heterocycles. The third-order valence-electron chi connectivity index (χ3n) is 5.87. The largest absolute Gasteiger partial charge is 0.339 e. The number of nitrogens with zero attached hydrogens (tertiary/aromatic N) is 3. The maximum atomic E-state index is 12.9. The van der Waals surface area contributed by atoms with Crippen molar-refractivity contribution in [2.45, 2.75) is 33.2 Å². The number of rotatable bonds is 5. The van der Waals surface area contributed by atoms with Crippen LogP contribution in [0.25, 0.3) is 0 Å². The van der Waals surface area contributed by atoms with Crippen molar-refractivity contribution in [2.24, 2.45) is 5.92 Å². The molecule has 0 bridgehead atoms. The van der Waals surface area contributed by atoms with Gasteiger partial charge in [0, 0.05) is 30.8 Å². The van der Waals surface area contributed by atoms with E-state index in [1.165, 1.54) is 0 Å². The molecule has 0 atom stereocenters. The first-order chi connectivity index (χ1) is 14.5. The molecule has 0 spiro atoms. The summed E-state index contributed by atoms with van der Waals surface area (Å²) >= 11 is 0. The molecule has 5 nitrogen and oxygen atoms in total. The number of hydrogen-bond donors (Lipinski definition) is 0. The smallest absolute Gasteiger partial charge is 0.257 e. The number of piperidine rings is 1. The lowest BCUT2D eigenvalue weighted by atomic mass is 9.87. The van der Waals surface area contributed by atoms with Gasteiger partial charge in [-0.15, -0.1) is 0 Å². The average molecular weight is 402 g/mol. The summed E-state index contributed by atoms with van der Waals surface area (Å²) in [5.74, 6) is 0.179. The van der Waals surface area contributed by atoms with Crippen molar-refractivity contribution in [3.05, 3.63) is 88.7 Å². The first kappa shape index (κ1) is 20.1. The van der Waals surface area contributed by atoms with Crippen molar-refractivity contribution >= 4 is 11.7 Å². The highest BCUT2D eigenvalue weighted by Crippen LogP contribution is 2.25. The molecule has 1 aromatic heterocycles. The van der Waals surface area contributed by atoms with Crippen LogP contribution in [0.5, 0.6) is 0 Å². The van der Waals surface area contributed by atoms with Crippen molar-refractivity contribution in [1.29, 1.82) is 0 Å². The van der Waals surface area contributed by atoms with E-state index in [1.54, 1.807) is 10.9 Å². The van der Waals surface area contributed by atoms with Gasteiger partial charge in [0.25, 0.3) is 5.91 Å². The van der Waals surface area contributed by atoms with Crippen LogP contribution in [0.2, 0.25) is 0 Å². The molecule has 0 saturated carbocycles. The number of hydrogen-bond acceptors (Lipinski definition) is 3. The minimum absolute atomic E-state index is 0.00766. The molecular formula is C25H27N3O2. The minimum atomic E-state index is -0.0174. The Kier molecular flexibility index (Phi) is 5.79. The molecule has 154 valence electrons. The van der Waals surface area contributed by atoms with Crippen LogP contribution in [0.15, 0.2) is 60.9 Å². The monoisotopic (exact) mass is 401 g/mol. The van der Waals surface area contributed by atoms with Crippen molar-refractivity contribution in [3.8, 4) is 0 Å². The summed E-state index contributed by atoms with van der Waals surface area (Å²) in [4.78, 5) is 27.7. The number of carbonyl (C=O) groups excluding carboxylic acids is 2. The van der Waals surface area contributed by atoms with Gasteiger partial charge in [0.2, 0.25) is 0 Å². The van der Waals surface area contributed by atoms with Gasteiger partial charge in [-0.3, -0.25) is 14.3 Å². The van der Waals surface area contributed by atoms with E-state index in [1.807, 2.05) is 67.4 Å². The second-order valence-corrected chi connectivity index (χ2v) is 8.16. The average Bonchev–Trinajstić information content (AvgIpc) is 3.22. The zero-order valence-electron chi connectivity index (χ0n) is 17.5. The number of aromatic nitrogens is 2. The van der Waals surface area contributed by atoms with E-state index in [2.05, 4.69) is 11.2 Å². The summed E-state index contributed by atoms with van der Waals surface area (Å²) in [5, 5.41) is 4.34. The molecule has 5 heteroatoms. The van der Waals surface area contributed by atoms with Crippen LogP contribution in [0.4, 0.5) is 0 Å². The SMILES string of the molecule is Cc1ccc(C(=O)C2CCN(C(=O)c3cnn(Cc4ccccc4)c3)CC2)c(C)c1. The number of amides is 1. The summed E-state index contributed by atoms with van der Waals surface area (Å²) in [6.45, 7) is 5.87. The van der Waals surface area contributed by atoms with Crippen molar-refractivity contribution in [2.75, 3.05) is 13.1 Å². The van der Waals surface area contributed by atoms with Gasteiger partial charge >= 0.3 is 0 Å². The fourth-order valence-electron chi connectivity index (χ4n) is 4.17. The molecule has 1 saturated heterocycles. The Morgan fingerprint density at radius 3 is 2.47 bits per heavy atom. The Morgan fingerprint density at radius 2 is 1.77 bits per heavy atom. The van der Waals surface area contributed by atoms with Gasteiger partial charge < -0.3 is 4.90 Å². The van der Waals surface area contributed by atoms with Gasteiger partial charge in [-0.1, -0.05) is 54.1 Å². The Balaban J connectivity index is 1.36. The predicted octanol–water partition coefficient (Wildman–Crippen LogP) is 4.28. The van der Waals surface area contributed by atoms with Gasteiger partial charge in [-0.05, 0) is 37.8 Å². The minimum Gasteiger partial charge on any atom is -0.339 e. The molecular weight excluding hydrogens is 374 g/mol. The number of likely N-dealkylation sites (tertiary alicyclic amines) is 1. The van der Waals surface area contributed by atoms with Crippen LogP contribution in [0.3, 0.4) is 0 Å². The van der Waals surface area contributed by atoms with Crippen molar-refractivity contribution < 1.29 is 9.59 Å². The summed E-state index contributed by atoms with van der Waals surface area (Å²) in [7, 11) is 0. The molecule has 0 N–H and O–H groups in total. The van der Waals surface area contributed by atoms with Gasteiger partial charge in [-0.2, -0.15) is 5.10 Å². The maximum Gasteiger partial charge on any atom is 0.257 e. The number of ketones is 1. The summed E-state index contributed by atoms with van der Waals surface area (Å²) < 4.78 is 1.79. The van der Waals surface area contributed by atoms with Gasteiger partial charge in [0.1, 0.15) is 0 Å². The number of aryl methyl sites for hydroxylation is 2. The van der Waals surface area contributed by atoms with E-state index in [9.17, 15) is 9.59 Å². The number of Topliss-reactive ketones (excluding diaryl/α,β-unsaturated/α-hetero) is 1. The zero-order chi connectivity index (χ0) is 21.1. The lowest BCUT2D eigenvalue weighted by Crippen LogP contribution is -2.40. The Bertz CT molecular complexity index is 1050. The molecule has 0 aliphatic carbocycles. The molecule has 0 unspecified atom stereocenters. The fraction of sp³-hybridized carbons (Fsp3) is 0.320. The highest BCUT2D eigenvalue weighted by atomic mass is 16.2. The molecule has 1 aliphatic rings. The second kappa shape index (κ2) is 8.66. The molecule has 2 aromatic carbocycles. The molecule has 3 aromatic rings. The molecule has 1 fully saturated rings. The zero-order valence-corrected chi connectivity index (χ0v) is 17.5. The van der Waals surface area contributed by atoms with E-state index < -0.39 is 0 Å². The topological polar surface area (TPSA) is 55.2 Å². The second-order valence-electron chi connectivity index (χ2n) is 8.16. The Labute approximate surface area is 177 Å². The summed E-state index contributed by atoms with van der Waals surface area (Å²) in [6, 6.07) is 16.0.